The number of aromatic nitrogens is 2. The number of nitrogens with zero attached hydrogens (tertiary/aromatic N) is 2. The largest absolute Gasteiger partial charge is 0.494 e. The van der Waals surface area contributed by atoms with Crippen LogP contribution in [0.2, 0.25) is 0 Å². The molecular formula is C23H30N2O. The summed E-state index contributed by atoms with van der Waals surface area (Å²) in [4.78, 5) is 0. The number of rotatable bonds is 10. The van der Waals surface area contributed by atoms with Crippen LogP contribution in [0.25, 0.3) is 0 Å². The van der Waals surface area contributed by atoms with E-state index in [1.165, 1.54) is 32.1 Å². The fourth-order valence-corrected chi connectivity index (χ4v) is 2.57. The van der Waals surface area contributed by atoms with Crippen LogP contribution in [0.5, 0.6) is 5.75 Å². The van der Waals surface area contributed by atoms with E-state index in [4.69, 9.17) is 4.74 Å². The van der Waals surface area contributed by atoms with Gasteiger partial charge in [0.2, 0.25) is 0 Å². The van der Waals surface area contributed by atoms with Crippen LogP contribution in [0, 0.1) is 11.8 Å². The lowest BCUT2D eigenvalue weighted by Gasteiger charge is -2.04. The molecule has 0 amide bonds. The number of benzene rings is 1. The van der Waals surface area contributed by atoms with Crippen molar-refractivity contribution in [3.63, 3.8) is 0 Å². The number of unbranched alkanes of at least 4 members (excludes halogenated alkanes) is 5. The first-order chi connectivity index (χ1) is 12.8. The first-order valence-electron chi connectivity index (χ1n) is 9.89. The third-order valence-electron chi connectivity index (χ3n) is 4.21. The molecule has 3 nitrogen and oxygen atoms in total. The summed E-state index contributed by atoms with van der Waals surface area (Å²) in [5.41, 5.74) is 2.72. The molecule has 0 radical (unpaired) electrons. The first-order valence-corrected chi connectivity index (χ1v) is 9.89. The Morgan fingerprint density at radius 3 is 2.23 bits per heavy atom. The smallest absolute Gasteiger partial charge is 0.136 e. The first kappa shape index (κ1) is 20.0. The minimum absolute atomic E-state index is 0.711. The van der Waals surface area contributed by atoms with Gasteiger partial charge in [0.05, 0.1) is 12.3 Å². The SMILES string of the molecule is CCCCCCCc1ccc(C#Cc2ccc(OCCCC)cc2)nn1. The van der Waals surface area contributed by atoms with Gasteiger partial charge in [-0.05, 0) is 61.6 Å². The van der Waals surface area contributed by atoms with Gasteiger partial charge in [0, 0.05) is 5.56 Å². The van der Waals surface area contributed by atoms with Crippen LogP contribution in [0.3, 0.4) is 0 Å². The average molecular weight is 351 g/mol. The topological polar surface area (TPSA) is 35.0 Å². The van der Waals surface area contributed by atoms with Crippen molar-refractivity contribution in [3.05, 3.63) is 53.3 Å². The molecule has 0 bridgehead atoms. The molecule has 0 atom stereocenters. The van der Waals surface area contributed by atoms with E-state index < -0.39 is 0 Å². The van der Waals surface area contributed by atoms with Gasteiger partial charge in [-0.3, -0.25) is 0 Å². The highest BCUT2D eigenvalue weighted by Gasteiger charge is 1.97. The predicted octanol–water partition coefficient (Wildman–Crippen LogP) is 5.57. The molecule has 0 N–H and O–H groups in total. The molecule has 3 heteroatoms. The second-order valence-electron chi connectivity index (χ2n) is 6.55. The van der Waals surface area contributed by atoms with Gasteiger partial charge in [0.1, 0.15) is 11.4 Å². The highest BCUT2D eigenvalue weighted by Crippen LogP contribution is 2.12. The maximum Gasteiger partial charge on any atom is 0.136 e. The van der Waals surface area contributed by atoms with E-state index in [1.807, 2.05) is 36.4 Å². The summed E-state index contributed by atoms with van der Waals surface area (Å²) in [6, 6.07) is 11.9. The minimum atomic E-state index is 0.711. The lowest BCUT2D eigenvalue weighted by Crippen LogP contribution is -1.96. The van der Waals surface area contributed by atoms with Gasteiger partial charge < -0.3 is 4.74 Å². The fourth-order valence-electron chi connectivity index (χ4n) is 2.57. The number of aryl methyl sites for hydroxylation is 1. The van der Waals surface area contributed by atoms with Crippen molar-refractivity contribution in [3.8, 4) is 17.6 Å². The van der Waals surface area contributed by atoms with Crippen molar-refractivity contribution in [2.75, 3.05) is 6.61 Å². The molecule has 0 aliphatic carbocycles. The van der Waals surface area contributed by atoms with Gasteiger partial charge in [0.15, 0.2) is 0 Å². The normalized spacial score (nSPS) is 10.2. The molecule has 2 rings (SSSR count). The molecule has 1 aromatic heterocycles. The Kier molecular flexibility index (Phi) is 9.29. The molecule has 26 heavy (non-hydrogen) atoms. The molecule has 0 saturated heterocycles. The van der Waals surface area contributed by atoms with Crippen molar-refractivity contribution in [1.82, 2.24) is 10.2 Å². The summed E-state index contributed by atoms with van der Waals surface area (Å²) in [6.07, 6.45) is 9.60. The van der Waals surface area contributed by atoms with Crippen LogP contribution in [0.4, 0.5) is 0 Å². The lowest BCUT2D eigenvalue weighted by molar-refractivity contribution is 0.309. The molecule has 0 unspecified atom stereocenters. The van der Waals surface area contributed by atoms with Crippen molar-refractivity contribution in [2.24, 2.45) is 0 Å². The highest BCUT2D eigenvalue weighted by atomic mass is 16.5. The van der Waals surface area contributed by atoms with Crippen molar-refractivity contribution in [1.29, 1.82) is 0 Å². The van der Waals surface area contributed by atoms with E-state index >= 15 is 0 Å². The third kappa shape index (κ3) is 7.70. The summed E-state index contributed by atoms with van der Waals surface area (Å²) < 4.78 is 5.66. The molecular weight excluding hydrogens is 320 g/mol. The molecule has 1 heterocycles. The monoisotopic (exact) mass is 350 g/mol. The minimum Gasteiger partial charge on any atom is -0.494 e. The van der Waals surface area contributed by atoms with Crippen molar-refractivity contribution < 1.29 is 4.74 Å². The number of hydrogen-bond donors (Lipinski definition) is 0. The van der Waals surface area contributed by atoms with Gasteiger partial charge in [-0.25, -0.2) is 0 Å². The van der Waals surface area contributed by atoms with Crippen LogP contribution >= 0.6 is 0 Å². The van der Waals surface area contributed by atoms with E-state index in [1.54, 1.807) is 0 Å². The van der Waals surface area contributed by atoms with Crippen LogP contribution in [-0.2, 0) is 6.42 Å². The van der Waals surface area contributed by atoms with Crippen LogP contribution in [-0.4, -0.2) is 16.8 Å². The third-order valence-corrected chi connectivity index (χ3v) is 4.21. The van der Waals surface area contributed by atoms with Gasteiger partial charge in [-0.15, -0.1) is 5.10 Å². The van der Waals surface area contributed by atoms with Gasteiger partial charge in [0.25, 0.3) is 0 Å². The van der Waals surface area contributed by atoms with Crippen LogP contribution in [0.15, 0.2) is 36.4 Å². The second-order valence-corrected chi connectivity index (χ2v) is 6.55. The van der Waals surface area contributed by atoms with E-state index in [0.29, 0.717) is 5.69 Å². The maximum absolute atomic E-state index is 5.66. The Morgan fingerprint density at radius 1 is 0.769 bits per heavy atom. The van der Waals surface area contributed by atoms with Crippen molar-refractivity contribution in [2.45, 2.75) is 65.2 Å². The van der Waals surface area contributed by atoms with Gasteiger partial charge >= 0.3 is 0 Å². The highest BCUT2D eigenvalue weighted by molar-refractivity contribution is 5.42. The number of ether oxygens (including phenoxy) is 1. The zero-order chi connectivity index (χ0) is 18.5. The molecule has 0 spiro atoms. The fraction of sp³-hybridized carbons (Fsp3) is 0.478. The molecule has 1 aromatic carbocycles. The summed E-state index contributed by atoms with van der Waals surface area (Å²) in [5, 5.41) is 8.52. The molecule has 2 aromatic rings. The zero-order valence-corrected chi connectivity index (χ0v) is 16.1. The number of hydrogen-bond acceptors (Lipinski definition) is 3. The second kappa shape index (κ2) is 12.1. The quantitative estimate of drug-likeness (QED) is 0.415. The predicted molar refractivity (Wildman–Crippen MR) is 107 cm³/mol. The van der Waals surface area contributed by atoms with E-state index in [2.05, 4.69) is 35.9 Å². The van der Waals surface area contributed by atoms with Crippen LogP contribution in [0.1, 0.15) is 75.7 Å². The Labute approximate surface area is 158 Å². The summed E-state index contributed by atoms with van der Waals surface area (Å²) in [6.45, 7) is 5.16. The molecule has 0 fully saturated rings. The Bertz CT molecular complexity index is 681. The standard InChI is InChI=1S/C23H30N2O/c1-3-5-7-8-9-10-21-15-16-22(25-24-21)14-11-20-12-17-23(18-13-20)26-19-6-4-2/h12-13,15-18H,3-10,19H2,1-2H3. The molecule has 138 valence electrons. The molecule has 0 aliphatic heterocycles. The molecule has 0 aliphatic rings. The Morgan fingerprint density at radius 2 is 1.54 bits per heavy atom. The Balaban J connectivity index is 1.81. The van der Waals surface area contributed by atoms with E-state index in [0.717, 1.165) is 42.9 Å². The molecule has 0 saturated carbocycles. The zero-order valence-electron chi connectivity index (χ0n) is 16.1. The summed E-state index contributed by atoms with van der Waals surface area (Å²) in [7, 11) is 0. The Hall–Kier alpha value is -2.34. The lowest BCUT2D eigenvalue weighted by atomic mass is 10.1. The van der Waals surface area contributed by atoms with E-state index in [9.17, 15) is 0 Å². The average Bonchev–Trinajstić information content (AvgIpc) is 2.68. The maximum atomic E-state index is 5.66. The van der Waals surface area contributed by atoms with Crippen LogP contribution < -0.4 is 4.74 Å². The summed E-state index contributed by atoms with van der Waals surface area (Å²) >= 11 is 0. The van der Waals surface area contributed by atoms with Gasteiger partial charge in [-0.2, -0.15) is 5.10 Å². The summed E-state index contributed by atoms with van der Waals surface area (Å²) in [5.74, 6) is 7.11. The van der Waals surface area contributed by atoms with E-state index in [-0.39, 0.29) is 0 Å². The van der Waals surface area contributed by atoms with Crippen molar-refractivity contribution >= 4 is 0 Å². The van der Waals surface area contributed by atoms with Gasteiger partial charge in [-0.1, -0.05) is 51.9 Å².